The quantitative estimate of drug-likeness (QED) is 0.572. The van der Waals surface area contributed by atoms with Crippen molar-refractivity contribution in [3.63, 3.8) is 0 Å². The molecule has 0 spiro atoms. The second-order valence-electron chi connectivity index (χ2n) is 1.61. The Labute approximate surface area is 55.0 Å². The predicted octanol–water partition coefficient (Wildman–Crippen LogP) is 0.477. The van der Waals surface area contributed by atoms with E-state index < -0.39 is 7.59 Å². The maximum Gasteiger partial charge on any atom is 0.300 e. The zero-order valence-electron chi connectivity index (χ0n) is 5.45. The van der Waals surface area contributed by atoms with E-state index in [0.717, 1.165) is 0 Å². The van der Waals surface area contributed by atoms with Crippen molar-refractivity contribution in [1.82, 2.24) is 4.67 Å². The van der Waals surface area contributed by atoms with E-state index in [1.54, 1.807) is 6.92 Å². The monoisotopic (exact) mass is 149 g/mol. The molecule has 0 saturated heterocycles. The third-order valence-electron chi connectivity index (χ3n) is 0.936. The van der Waals surface area contributed by atoms with Crippen molar-refractivity contribution in [2.75, 3.05) is 6.54 Å². The van der Waals surface area contributed by atoms with Gasteiger partial charge in [-0.25, -0.2) is 0 Å². The van der Waals surface area contributed by atoms with Gasteiger partial charge in [0.2, 0.25) is 0 Å². The number of rotatable bonds is 3. The van der Waals surface area contributed by atoms with Gasteiger partial charge in [0, 0.05) is 12.7 Å². The highest BCUT2D eigenvalue weighted by molar-refractivity contribution is 7.56. The minimum absolute atomic E-state index is 0.522. The van der Waals surface area contributed by atoms with Gasteiger partial charge in [-0.3, -0.25) is 15.6 Å². The molecule has 0 amide bonds. The minimum atomic E-state index is -3.06. The summed E-state index contributed by atoms with van der Waals surface area (Å²) in [6.45, 7) is 5.71. The molecule has 54 valence electrons. The van der Waals surface area contributed by atoms with Gasteiger partial charge >= 0.3 is 0 Å². The lowest BCUT2D eigenvalue weighted by molar-refractivity contribution is 0.509. The molecule has 5 heteroatoms. The number of nitrogens with two attached hydrogens (primary N) is 2. The SMILES string of the molecule is C=CN(CC)P(N)(N)=O. The third-order valence-corrected chi connectivity index (χ3v) is 2.19. The summed E-state index contributed by atoms with van der Waals surface area (Å²) in [5.41, 5.74) is 10.2. The Hall–Kier alpha value is -0.310. The first-order valence-corrected chi connectivity index (χ1v) is 4.39. The summed E-state index contributed by atoms with van der Waals surface area (Å²) in [5, 5.41) is 0. The van der Waals surface area contributed by atoms with E-state index >= 15 is 0 Å². The van der Waals surface area contributed by atoms with Crippen molar-refractivity contribution in [2.45, 2.75) is 6.92 Å². The minimum Gasteiger partial charge on any atom is -0.307 e. The smallest absolute Gasteiger partial charge is 0.300 e. The first-order valence-electron chi connectivity index (χ1n) is 2.59. The molecular weight excluding hydrogens is 137 g/mol. The molecule has 0 saturated carbocycles. The van der Waals surface area contributed by atoms with E-state index in [1.165, 1.54) is 10.9 Å². The standard InChI is InChI=1S/C4H12N3OP/c1-3-7(4-2)9(5,6)8/h3H,1,4H2,2H3,(H4,5,6,8). The summed E-state index contributed by atoms with van der Waals surface area (Å²) in [5.74, 6) is 0. The molecule has 0 rings (SSSR count). The molecule has 0 aromatic carbocycles. The molecule has 0 fully saturated rings. The molecule has 0 aromatic rings. The van der Waals surface area contributed by atoms with Crippen LogP contribution in [-0.2, 0) is 4.57 Å². The van der Waals surface area contributed by atoms with Crippen LogP contribution < -0.4 is 11.0 Å². The van der Waals surface area contributed by atoms with Crippen LogP contribution in [0.25, 0.3) is 0 Å². The van der Waals surface area contributed by atoms with Crippen LogP contribution in [0, 0.1) is 0 Å². The maximum atomic E-state index is 10.8. The molecule has 0 aliphatic rings. The summed E-state index contributed by atoms with van der Waals surface area (Å²) in [4.78, 5) is 0. The van der Waals surface area contributed by atoms with Crippen LogP contribution in [0.15, 0.2) is 12.8 Å². The summed E-state index contributed by atoms with van der Waals surface area (Å²) in [6, 6.07) is 0. The Bertz CT molecular complexity index is 141. The van der Waals surface area contributed by atoms with Crippen LogP contribution in [-0.4, -0.2) is 11.2 Å². The van der Waals surface area contributed by atoms with Crippen molar-refractivity contribution >= 4 is 7.59 Å². The average Bonchev–Trinajstić information content (AvgIpc) is 1.65. The zero-order valence-corrected chi connectivity index (χ0v) is 6.34. The van der Waals surface area contributed by atoms with E-state index in [0.29, 0.717) is 6.54 Å². The van der Waals surface area contributed by atoms with Gasteiger partial charge in [0.15, 0.2) is 0 Å². The van der Waals surface area contributed by atoms with Gasteiger partial charge in [0.25, 0.3) is 7.59 Å². The van der Waals surface area contributed by atoms with Crippen LogP contribution in [0.2, 0.25) is 0 Å². The van der Waals surface area contributed by atoms with Crippen LogP contribution in [0.5, 0.6) is 0 Å². The fourth-order valence-corrected chi connectivity index (χ4v) is 1.18. The summed E-state index contributed by atoms with van der Waals surface area (Å²) in [7, 11) is -3.06. The highest BCUT2D eigenvalue weighted by atomic mass is 31.2. The topological polar surface area (TPSA) is 72.3 Å². The number of nitrogens with zero attached hydrogens (tertiary/aromatic N) is 1. The molecule has 0 aromatic heterocycles. The van der Waals surface area contributed by atoms with Crippen molar-refractivity contribution in [1.29, 1.82) is 0 Å². The third kappa shape index (κ3) is 2.65. The largest absolute Gasteiger partial charge is 0.307 e. The molecule has 0 atom stereocenters. The van der Waals surface area contributed by atoms with E-state index in [9.17, 15) is 4.57 Å². The van der Waals surface area contributed by atoms with Crippen LogP contribution >= 0.6 is 7.59 Å². The van der Waals surface area contributed by atoms with Gasteiger partial charge in [0.1, 0.15) is 0 Å². The van der Waals surface area contributed by atoms with Crippen molar-refractivity contribution in [3.8, 4) is 0 Å². The van der Waals surface area contributed by atoms with E-state index in [4.69, 9.17) is 11.0 Å². The molecule has 0 unspecified atom stereocenters. The predicted molar refractivity (Wildman–Crippen MR) is 38.6 cm³/mol. The summed E-state index contributed by atoms with van der Waals surface area (Å²) in [6.07, 6.45) is 1.38. The van der Waals surface area contributed by atoms with Gasteiger partial charge in [-0.05, 0) is 6.92 Å². The molecule has 9 heavy (non-hydrogen) atoms. The van der Waals surface area contributed by atoms with Crippen molar-refractivity contribution in [2.24, 2.45) is 11.0 Å². The highest BCUT2D eigenvalue weighted by Crippen LogP contribution is 2.30. The maximum absolute atomic E-state index is 10.8. The van der Waals surface area contributed by atoms with Gasteiger partial charge < -0.3 is 4.67 Å². The van der Waals surface area contributed by atoms with Crippen LogP contribution in [0.3, 0.4) is 0 Å². The van der Waals surface area contributed by atoms with Gasteiger partial charge in [0.05, 0.1) is 0 Å². The Kier molecular flexibility index (Phi) is 2.91. The van der Waals surface area contributed by atoms with Crippen molar-refractivity contribution in [3.05, 3.63) is 12.8 Å². The first-order chi connectivity index (χ1) is 4.02. The molecule has 4 nitrogen and oxygen atoms in total. The average molecular weight is 149 g/mol. The van der Waals surface area contributed by atoms with Gasteiger partial charge in [-0.15, -0.1) is 0 Å². The van der Waals surface area contributed by atoms with E-state index in [-0.39, 0.29) is 0 Å². The van der Waals surface area contributed by atoms with Crippen LogP contribution in [0.1, 0.15) is 6.92 Å². The molecule has 4 N–H and O–H groups in total. The lowest BCUT2D eigenvalue weighted by atomic mass is 10.7. The fraction of sp³-hybridized carbons (Fsp3) is 0.500. The lowest BCUT2D eigenvalue weighted by Gasteiger charge is -2.20. The molecule has 0 aliphatic heterocycles. The molecule has 0 aliphatic carbocycles. The van der Waals surface area contributed by atoms with Gasteiger partial charge in [-0.2, -0.15) is 0 Å². The summed E-state index contributed by atoms with van der Waals surface area (Å²) < 4.78 is 12.1. The first kappa shape index (κ1) is 8.69. The zero-order chi connectivity index (χ0) is 7.49. The molecule has 0 radical (unpaired) electrons. The Morgan fingerprint density at radius 1 is 1.78 bits per heavy atom. The number of hydrogen-bond acceptors (Lipinski definition) is 1. The molecular formula is C4H12N3OP. The normalized spacial score (nSPS) is 11.0. The second kappa shape index (κ2) is 3.01. The second-order valence-corrected chi connectivity index (χ2v) is 3.47. The van der Waals surface area contributed by atoms with Crippen molar-refractivity contribution < 1.29 is 4.57 Å². The van der Waals surface area contributed by atoms with Gasteiger partial charge in [-0.1, -0.05) is 6.58 Å². The molecule has 0 heterocycles. The highest BCUT2D eigenvalue weighted by Gasteiger charge is 2.13. The number of hydrogen-bond donors (Lipinski definition) is 2. The Morgan fingerprint density at radius 2 is 2.22 bits per heavy atom. The summed E-state index contributed by atoms with van der Waals surface area (Å²) >= 11 is 0. The Balaban J connectivity index is 4.12. The van der Waals surface area contributed by atoms with E-state index in [1.807, 2.05) is 0 Å². The van der Waals surface area contributed by atoms with E-state index in [2.05, 4.69) is 6.58 Å². The molecule has 0 bridgehead atoms. The Morgan fingerprint density at radius 3 is 2.22 bits per heavy atom. The van der Waals surface area contributed by atoms with Crippen LogP contribution in [0.4, 0.5) is 0 Å². The lowest BCUT2D eigenvalue weighted by Crippen LogP contribution is -2.23. The fourth-order valence-electron chi connectivity index (χ4n) is 0.478.